The molecule has 7 nitrogen and oxygen atoms in total. The Bertz CT molecular complexity index is 1480. The molecule has 0 saturated carbocycles. The molecule has 0 spiro atoms. The van der Waals surface area contributed by atoms with Crippen molar-refractivity contribution in [2.75, 3.05) is 38.8 Å². The standard InChI is InChI=1S/C37H46N2O5/c1-7-39(35(40)26-10-8-24(9-11-26)25-16-18-38-19-17-25)32-23-34(43-6)33(42-5)22-31(32)29-13-12-28-21-30(15-14-27(28)20-29)44-36(41)37(2,3)4/h8-11,14-15,21-23,25,29,38H,7,12-13,16-20H2,1-6H3/t29-/m1/s1. The van der Waals surface area contributed by atoms with Gasteiger partial charge in [0.25, 0.3) is 5.91 Å². The van der Waals surface area contributed by atoms with E-state index in [9.17, 15) is 9.59 Å². The molecule has 1 atom stereocenters. The quantitative estimate of drug-likeness (QED) is 0.221. The fraction of sp³-hybridized carbons (Fsp3) is 0.459. The molecule has 0 unspecified atom stereocenters. The maximum Gasteiger partial charge on any atom is 0.316 e. The monoisotopic (exact) mass is 598 g/mol. The number of esters is 1. The summed E-state index contributed by atoms with van der Waals surface area (Å²) in [6, 6.07) is 18.1. The average Bonchev–Trinajstić information content (AvgIpc) is 3.04. The number of hydrogen-bond acceptors (Lipinski definition) is 6. The van der Waals surface area contributed by atoms with Crippen LogP contribution in [0.15, 0.2) is 54.6 Å². The minimum Gasteiger partial charge on any atom is -0.493 e. The van der Waals surface area contributed by atoms with Gasteiger partial charge in [-0.05, 0) is 137 Å². The fourth-order valence-corrected chi connectivity index (χ4v) is 6.40. The van der Waals surface area contributed by atoms with Gasteiger partial charge in [-0.1, -0.05) is 18.2 Å². The van der Waals surface area contributed by atoms with Gasteiger partial charge in [-0.15, -0.1) is 0 Å². The summed E-state index contributed by atoms with van der Waals surface area (Å²) in [6.07, 6.45) is 4.78. The molecule has 234 valence electrons. The van der Waals surface area contributed by atoms with E-state index >= 15 is 0 Å². The van der Waals surface area contributed by atoms with Crippen LogP contribution in [0, 0.1) is 5.41 Å². The summed E-state index contributed by atoms with van der Waals surface area (Å²) in [7, 11) is 3.27. The molecule has 3 aromatic rings. The van der Waals surface area contributed by atoms with E-state index in [4.69, 9.17) is 14.2 Å². The van der Waals surface area contributed by atoms with Crippen LogP contribution in [0.3, 0.4) is 0 Å². The number of amides is 1. The third kappa shape index (κ3) is 6.78. The molecule has 1 heterocycles. The van der Waals surface area contributed by atoms with Crippen molar-refractivity contribution in [2.45, 2.75) is 71.6 Å². The molecule has 3 aromatic carbocycles. The number of aryl methyl sites for hydroxylation is 1. The van der Waals surface area contributed by atoms with Crippen molar-refractivity contribution in [3.05, 3.63) is 82.4 Å². The first-order chi connectivity index (χ1) is 21.1. The summed E-state index contributed by atoms with van der Waals surface area (Å²) in [6.45, 7) is 10.2. The van der Waals surface area contributed by atoms with Gasteiger partial charge in [0.2, 0.25) is 0 Å². The first kappa shape index (κ1) is 31.6. The lowest BCUT2D eigenvalue weighted by molar-refractivity contribution is -0.143. The van der Waals surface area contributed by atoms with Crippen LogP contribution in [0.2, 0.25) is 0 Å². The summed E-state index contributed by atoms with van der Waals surface area (Å²) in [5.41, 5.74) is 5.74. The molecule has 1 aliphatic carbocycles. The Kier molecular flexibility index (Phi) is 9.64. The smallest absolute Gasteiger partial charge is 0.316 e. The molecule has 7 heteroatoms. The molecule has 1 saturated heterocycles. The molecule has 1 aliphatic heterocycles. The van der Waals surface area contributed by atoms with Crippen LogP contribution in [-0.2, 0) is 17.6 Å². The zero-order valence-corrected chi connectivity index (χ0v) is 27.0. The van der Waals surface area contributed by atoms with Gasteiger partial charge < -0.3 is 24.4 Å². The minimum atomic E-state index is -0.567. The van der Waals surface area contributed by atoms with Gasteiger partial charge in [0, 0.05) is 18.2 Å². The van der Waals surface area contributed by atoms with Gasteiger partial charge in [-0.2, -0.15) is 0 Å². The Hall–Kier alpha value is -3.84. The van der Waals surface area contributed by atoms with Gasteiger partial charge in [0.15, 0.2) is 11.5 Å². The van der Waals surface area contributed by atoms with Crippen LogP contribution in [0.25, 0.3) is 0 Å². The number of ether oxygens (including phenoxy) is 3. The van der Waals surface area contributed by atoms with Crippen LogP contribution in [0.5, 0.6) is 17.2 Å². The number of carbonyl (C=O) groups is 2. The maximum atomic E-state index is 14.0. The van der Waals surface area contributed by atoms with Gasteiger partial charge in [0.05, 0.1) is 25.3 Å². The van der Waals surface area contributed by atoms with Crippen molar-refractivity contribution in [2.24, 2.45) is 5.41 Å². The molecule has 0 aromatic heterocycles. The second kappa shape index (κ2) is 13.4. The van der Waals surface area contributed by atoms with Crippen molar-refractivity contribution < 1.29 is 23.8 Å². The van der Waals surface area contributed by atoms with E-state index in [1.54, 1.807) is 14.2 Å². The number of fused-ring (bicyclic) bond motifs is 1. The Morgan fingerprint density at radius 3 is 2.18 bits per heavy atom. The van der Waals surface area contributed by atoms with Gasteiger partial charge in [-0.25, -0.2) is 0 Å². The van der Waals surface area contributed by atoms with E-state index in [0.29, 0.717) is 35.3 Å². The third-order valence-corrected chi connectivity index (χ3v) is 9.02. The number of methoxy groups -OCH3 is 2. The number of carbonyl (C=O) groups excluding carboxylic acids is 2. The summed E-state index contributed by atoms with van der Waals surface area (Å²) < 4.78 is 17.1. The number of nitrogens with zero attached hydrogens (tertiary/aromatic N) is 1. The first-order valence-electron chi connectivity index (χ1n) is 15.9. The van der Waals surface area contributed by atoms with E-state index in [0.717, 1.165) is 56.4 Å². The molecule has 5 rings (SSSR count). The lowest BCUT2D eigenvalue weighted by Crippen LogP contribution is -2.32. The number of hydrogen-bond donors (Lipinski definition) is 1. The van der Waals surface area contributed by atoms with Gasteiger partial charge in [0.1, 0.15) is 5.75 Å². The van der Waals surface area contributed by atoms with E-state index in [2.05, 4.69) is 23.5 Å². The molecule has 2 aliphatic rings. The molecular weight excluding hydrogens is 552 g/mol. The molecule has 1 amide bonds. The summed E-state index contributed by atoms with van der Waals surface area (Å²) in [4.78, 5) is 28.4. The highest BCUT2D eigenvalue weighted by Crippen LogP contribution is 2.44. The molecular formula is C37H46N2O5. The minimum absolute atomic E-state index is 0.0284. The van der Waals surface area contributed by atoms with Crippen molar-refractivity contribution in [1.29, 1.82) is 0 Å². The van der Waals surface area contributed by atoms with E-state index < -0.39 is 5.41 Å². The number of anilines is 1. The van der Waals surface area contributed by atoms with Gasteiger partial charge in [-0.3, -0.25) is 9.59 Å². The van der Waals surface area contributed by atoms with Crippen LogP contribution in [0.1, 0.15) is 91.4 Å². The Morgan fingerprint density at radius 1 is 0.864 bits per heavy atom. The highest BCUT2D eigenvalue weighted by atomic mass is 16.5. The first-order valence-corrected chi connectivity index (χ1v) is 15.9. The van der Waals surface area contributed by atoms with E-state index in [1.165, 1.54) is 16.7 Å². The molecule has 1 fully saturated rings. The summed E-state index contributed by atoms with van der Waals surface area (Å²) in [5, 5.41) is 3.43. The topological polar surface area (TPSA) is 77.1 Å². The second-order valence-corrected chi connectivity index (χ2v) is 13.0. The highest BCUT2D eigenvalue weighted by molar-refractivity contribution is 6.06. The Morgan fingerprint density at radius 2 is 1.55 bits per heavy atom. The van der Waals surface area contributed by atoms with Crippen LogP contribution in [0.4, 0.5) is 5.69 Å². The third-order valence-electron chi connectivity index (χ3n) is 9.02. The van der Waals surface area contributed by atoms with Crippen LogP contribution >= 0.6 is 0 Å². The zero-order valence-electron chi connectivity index (χ0n) is 27.0. The molecule has 1 N–H and O–H groups in total. The maximum absolute atomic E-state index is 14.0. The average molecular weight is 599 g/mol. The zero-order chi connectivity index (χ0) is 31.4. The Labute approximate surface area is 261 Å². The van der Waals surface area contributed by atoms with Gasteiger partial charge >= 0.3 is 5.97 Å². The lowest BCUT2D eigenvalue weighted by atomic mass is 9.79. The van der Waals surface area contributed by atoms with Crippen LogP contribution in [-0.4, -0.2) is 45.7 Å². The largest absolute Gasteiger partial charge is 0.493 e. The fourth-order valence-electron chi connectivity index (χ4n) is 6.40. The van der Waals surface area contributed by atoms with E-state index in [-0.39, 0.29) is 17.8 Å². The van der Waals surface area contributed by atoms with Crippen molar-refractivity contribution in [1.82, 2.24) is 5.32 Å². The predicted octanol–water partition coefficient (Wildman–Crippen LogP) is 7.06. The Balaban J connectivity index is 1.43. The highest BCUT2D eigenvalue weighted by Gasteiger charge is 2.30. The van der Waals surface area contributed by atoms with E-state index in [1.807, 2.05) is 69.0 Å². The van der Waals surface area contributed by atoms with Crippen LogP contribution < -0.4 is 24.4 Å². The number of benzene rings is 3. The molecule has 0 bridgehead atoms. The second-order valence-electron chi connectivity index (χ2n) is 13.0. The summed E-state index contributed by atoms with van der Waals surface area (Å²) in [5.74, 6) is 2.27. The number of rotatable bonds is 8. The number of piperidine rings is 1. The van der Waals surface area contributed by atoms with Crippen molar-refractivity contribution >= 4 is 17.6 Å². The predicted molar refractivity (Wildman–Crippen MR) is 174 cm³/mol. The SMILES string of the molecule is CCN(C(=O)c1ccc(C2CCNCC2)cc1)c1cc(OC)c(OC)cc1[C@@H]1CCc2cc(OC(=O)C(C)(C)C)ccc2C1. The lowest BCUT2D eigenvalue weighted by Gasteiger charge is -2.31. The number of nitrogens with one attached hydrogen (secondary N) is 1. The normalized spacial score (nSPS) is 17.0. The van der Waals surface area contributed by atoms with Crippen molar-refractivity contribution in [3.8, 4) is 17.2 Å². The molecule has 44 heavy (non-hydrogen) atoms. The summed E-state index contributed by atoms with van der Waals surface area (Å²) >= 11 is 0. The van der Waals surface area contributed by atoms with Crippen molar-refractivity contribution in [3.63, 3.8) is 0 Å². The molecule has 0 radical (unpaired) electrons.